The summed E-state index contributed by atoms with van der Waals surface area (Å²) in [5.41, 5.74) is 6.32. The second-order valence-electron chi connectivity index (χ2n) is 6.25. The van der Waals surface area contributed by atoms with Crippen LogP contribution in [0.25, 0.3) is 11.6 Å². The Morgan fingerprint density at radius 3 is 2.08 bits per heavy atom. The molecule has 0 spiro atoms. The van der Waals surface area contributed by atoms with E-state index in [1.807, 2.05) is 0 Å². The van der Waals surface area contributed by atoms with E-state index in [0.29, 0.717) is 0 Å². The molecule has 3 aromatic carbocycles. The third-order valence-electron chi connectivity index (χ3n) is 4.26. The minimum atomic E-state index is 0.798. The van der Waals surface area contributed by atoms with Crippen molar-refractivity contribution in [2.75, 3.05) is 11.9 Å². The van der Waals surface area contributed by atoms with Gasteiger partial charge in [0.15, 0.2) is 0 Å². The second-order valence-corrected chi connectivity index (χ2v) is 6.25. The van der Waals surface area contributed by atoms with E-state index in [4.69, 9.17) is 0 Å². The minimum absolute atomic E-state index is 0.798. The Kier molecular flexibility index (Phi) is 6.06. The van der Waals surface area contributed by atoms with Gasteiger partial charge in [-0.25, -0.2) is 0 Å². The van der Waals surface area contributed by atoms with E-state index in [1.165, 1.54) is 28.7 Å². The van der Waals surface area contributed by atoms with Gasteiger partial charge in [0.25, 0.3) is 0 Å². The van der Waals surface area contributed by atoms with Crippen LogP contribution < -0.4 is 5.32 Å². The summed E-state index contributed by atoms with van der Waals surface area (Å²) in [7, 11) is 0. The molecule has 1 N–H and O–H groups in total. The van der Waals surface area contributed by atoms with Crippen LogP contribution in [-0.4, -0.2) is 6.54 Å². The number of rotatable bonds is 7. The highest BCUT2D eigenvalue weighted by Gasteiger charge is 2.02. The van der Waals surface area contributed by atoms with E-state index < -0.39 is 0 Å². The zero-order chi connectivity index (χ0) is 17.3. The molecular weight excluding hydrogens is 302 g/mol. The van der Waals surface area contributed by atoms with Gasteiger partial charge in [-0.3, -0.25) is 0 Å². The monoisotopic (exact) mass is 327 g/mol. The van der Waals surface area contributed by atoms with E-state index in [0.717, 1.165) is 18.7 Å². The molecule has 25 heavy (non-hydrogen) atoms. The summed E-state index contributed by atoms with van der Waals surface area (Å²) in [6.45, 7) is 3.01. The molecule has 0 aliphatic carbocycles. The van der Waals surface area contributed by atoms with E-state index >= 15 is 0 Å². The van der Waals surface area contributed by atoms with Gasteiger partial charge in [0, 0.05) is 12.2 Å². The molecule has 0 saturated heterocycles. The van der Waals surface area contributed by atoms with Gasteiger partial charge in [0.1, 0.15) is 0 Å². The first-order valence-corrected chi connectivity index (χ1v) is 8.99. The number of aryl methyl sites for hydroxylation is 1. The normalized spacial score (nSPS) is 11.3. The lowest BCUT2D eigenvalue weighted by molar-refractivity contribution is 0.922. The molecule has 0 amide bonds. The molecule has 0 aliphatic rings. The number of nitrogens with one attached hydrogen (secondary N) is 1. The summed E-state index contributed by atoms with van der Waals surface area (Å²) in [6, 6.07) is 29.9. The Morgan fingerprint density at radius 1 is 0.800 bits per heavy atom. The summed E-state index contributed by atoms with van der Waals surface area (Å²) >= 11 is 0. The number of benzene rings is 3. The maximum absolute atomic E-state index is 3.56. The van der Waals surface area contributed by atoms with Crippen LogP contribution in [0.2, 0.25) is 0 Å². The molecule has 1 heteroatoms. The Balaban J connectivity index is 1.77. The molecular formula is C24H25N. The van der Waals surface area contributed by atoms with Crippen molar-refractivity contribution in [2.24, 2.45) is 0 Å². The lowest BCUT2D eigenvalue weighted by Gasteiger charge is -2.12. The summed E-state index contributed by atoms with van der Waals surface area (Å²) in [6.07, 6.45) is 4.59. The van der Waals surface area contributed by atoms with E-state index in [-0.39, 0.29) is 0 Å². The van der Waals surface area contributed by atoms with Crippen molar-refractivity contribution in [1.29, 1.82) is 0 Å². The first-order valence-electron chi connectivity index (χ1n) is 8.99. The smallest absolute Gasteiger partial charge is 0.0406 e. The van der Waals surface area contributed by atoms with Crippen LogP contribution >= 0.6 is 0 Å². The van der Waals surface area contributed by atoms with Gasteiger partial charge < -0.3 is 5.32 Å². The van der Waals surface area contributed by atoms with Crippen molar-refractivity contribution < 1.29 is 0 Å². The molecule has 126 valence electrons. The molecule has 1 nitrogen and oxygen atoms in total. The average Bonchev–Trinajstić information content (AvgIpc) is 2.68. The first-order chi connectivity index (χ1) is 12.3. The largest absolute Gasteiger partial charge is 0.381 e. The van der Waals surface area contributed by atoms with Gasteiger partial charge in [0.2, 0.25) is 0 Å². The average molecular weight is 327 g/mol. The zero-order valence-corrected chi connectivity index (χ0v) is 14.8. The van der Waals surface area contributed by atoms with Gasteiger partial charge in [-0.1, -0.05) is 86.1 Å². The van der Waals surface area contributed by atoms with Crippen molar-refractivity contribution in [2.45, 2.75) is 19.8 Å². The van der Waals surface area contributed by atoms with Gasteiger partial charge >= 0.3 is 0 Å². The highest BCUT2D eigenvalue weighted by Crippen LogP contribution is 2.20. The zero-order valence-electron chi connectivity index (χ0n) is 14.8. The molecule has 0 atom stereocenters. The summed E-state index contributed by atoms with van der Waals surface area (Å²) in [4.78, 5) is 0. The third kappa shape index (κ3) is 5.09. The van der Waals surface area contributed by atoms with Crippen molar-refractivity contribution in [3.63, 3.8) is 0 Å². The van der Waals surface area contributed by atoms with E-state index in [9.17, 15) is 0 Å². The molecule has 0 fully saturated rings. The quantitative estimate of drug-likeness (QED) is 0.503. The summed E-state index contributed by atoms with van der Waals surface area (Å²) in [5.74, 6) is 0. The third-order valence-corrected chi connectivity index (χ3v) is 4.26. The molecule has 3 aromatic rings. The van der Waals surface area contributed by atoms with E-state index in [2.05, 4.69) is 103 Å². The molecule has 3 rings (SSSR count). The fourth-order valence-electron chi connectivity index (χ4n) is 2.91. The first kappa shape index (κ1) is 17.0. The highest BCUT2D eigenvalue weighted by molar-refractivity contribution is 5.83. The van der Waals surface area contributed by atoms with Crippen LogP contribution in [0.3, 0.4) is 0 Å². The number of anilines is 1. The second kappa shape index (κ2) is 8.89. The Hall–Kier alpha value is -2.80. The lowest BCUT2D eigenvalue weighted by atomic mass is 10.0. The van der Waals surface area contributed by atoms with Crippen molar-refractivity contribution in [1.82, 2.24) is 0 Å². The van der Waals surface area contributed by atoms with Gasteiger partial charge in [-0.2, -0.15) is 0 Å². The van der Waals surface area contributed by atoms with Crippen molar-refractivity contribution in [3.8, 4) is 0 Å². The topological polar surface area (TPSA) is 12.0 Å². The lowest BCUT2D eigenvalue weighted by Crippen LogP contribution is -2.04. The van der Waals surface area contributed by atoms with Crippen LogP contribution in [0.4, 0.5) is 5.69 Å². The predicted octanol–water partition coefficient (Wildman–Crippen LogP) is 6.29. The van der Waals surface area contributed by atoms with Gasteiger partial charge in [-0.15, -0.1) is 0 Å². The number of hydrogen-bond acceptors (Lipinski definition) is 1. The minimum Gasteiger partial charge on any atom is -0.381 e. The predicted molar refractivity (Wildman–Crippen MR) is 110 cm³/mol. The molecule has 0 aromatic heterocycles. The van der Waals surface area contributed by atoms with E-state index in [1.54, 1.807) is 0 Å². The highest BCUT2D eigenvalue weighted by atomic mass is 14.9. The SMILES string of the molecule is CCCc1ccc(NC/C(=C/c2ccccc2)c2ccccc2)cc1. The molecule has 0 saturated carbocycles. The summed E-state index contributed by atoms with van der Waals surface area (Å²) < 4.78 is 0. The van der Waals surface area contributed by atoms with Gasteiger partial charge in [0.05, 0.1) is 0 Å². The van der Waals surface area contributed by atoms with Crippen molar-refractivity contribution >= 4 is 17.3 Å². The van der Waals surface area contributed by atoms with Crippen LogP contribution in [0.1, 0.15) is 30.0 Å². The van der Waals surface area contributed by atoms with Crippen molar-refractivity contribution in [3.05, 3.63) is 102 Å². The summed E-state index contributed by atoms with van der Waals surface area (Å²) in [5, 5.41) is 3.56. The molecule has 0 radical (unpaired) electrons. The fourth-order valence-corrected chi connectivity index (χ4v) is 2.91. The maximum Gasteiger partial charge on any atom is 0.0406 e. The van der Waals surface area contributed by atoms with Gasteiger partial charge in [-0.05, 0) is 46.9 Å². The van der Waals surface area contributed by atoms with Crippen LogP contribution in [0.15, 0.2) is 84.9 Å². The van der Waals surface area contributed by atoms with Crippen LogP contribution in [0, 0.1) is 0 Å². The standard InChI is InChI=1S/C24H25N/c1-2-9-20-14-16-24(17-15-20)25-19-23(22-12-7-4-8-13-22)18-21-10-5-3-6-11-21/h3-8,10-18,25H,2,9,19H2,1H3/b23-18-. The Labute approximate surface area is 151 Å². The molecule has 0 unspecified atom stereocenters. The molecule has 0 bridgehead atoms. The van der Waals surface area contributed by atoms with Crippen LogP contribution in [0.5, 0.6) is 0 Å². The Bertz CT molecular complexity index is 787. The fraction of sp³-hybridized carbons (Fsp3) is 0.167. The molecule has 0 aliphatic heterocycles. The van der Waals surface area contributed by atoms with Crippen LogP contribution in [-0.2, 0) is 6.42 Å². The Morgan fingerprint density at radius 2 is 1.44 bits per heavy atom. The molecule has 0 heterocycles. The maximum atomic E-state index is 3.56. The number of hydrogen-bond donors (Lipinski definition) is 1.